The molecule has 0 bridgehead atoms. The normalized spacial score (nSPS) is 19.4. The van der Waals surface area contributed by atoms with Crippen molar-refractivity contribution in [1.82, 2.24) is 4.90 Å². The average molecular weight is 325 g/mol. The van der Waals surface area contributed by atoms with Gasteiger partial charge >= 0.3 is 0 Å². The molecule has 3 heteroatoms. The summed E-state index contributed by atoms with van der Waals surface area (Å²) in [7, 11) is 0. The monoisotopic (exact) mass is 324 g/mol. The SMILES string of the molecule is CCN1CCC(C(C)Nc2ccc(Br)c(C)c2)CC1. The highest BCUT2D eigenvalue weighted by Gasteiger charge is 2.22. The molecule has 0 saturated carbocycles. The number of halogens is 1. The molecule has 2 nitrogen and oxygen atoms in total. The van der Waals surface area contributed by atoms with E-state index in [1.54, 1.807) is 0 Å². The summed E-state index contributed by atoms with van der Waals surface area (Å²) in [6.07, 6.45) is 2.63. The summed E-state index contributed by atoms with van der Waals surface area (Å²) in [5.74, 6) is 0.798. The summed E-state index contributed by atoms with van der Waals surface area (Å²) in [6.45, 7) is 10.4. The first-order chi connectivity index (χ1) is 9.10. The van der Waals surface area contributed by atoms with Crippen LogP contribution in [-0.4, -0.2) is 30.6 Å². The van der Waals surface area contributed by atoms with Crippen molar-refractivity contribution < 1.29 is 0 Å². The van der Waals surface area contributed by atoms with Crippen molar-refractivity contribution in [3.8, 4) is 0 Å². The summed E-state index contributed by atoms with van der Waals surface area (Å²) in [6, 6.07) is 7.07. The lowest BCUT2D eigenvalue weighted by Gasteiger charge is -2.35. The van der Waals surface area contributed by atoms with Crippen LogP contribution in [0.1, 0.15) is 32.3 Å². The molecule has 1 aliphatic rings. The number of benzene rings is 1. The first-order valence-electron chi connectivity index (χ1n) is 7.35. The Balaban J connectivity index is 1.90. The molecule has 1 N–H and O–H groups in total. The molecule has 1 aliphatic heterocycles. The summed E-state index contributed by atoms with van der Waals surface area (Å²) in [5, 5.41) is 3.67. The predicted molar refractivity (Wildman–Crippen MR) is 86.8 cm³/mol. The zero-order valence-corrected chi connectivity index (χ0v) is 13.8. The Bertz CT molecular complexity index is 411. The van der Waals surface area contributed by atoms with Crippen LogP contribution in [-0.2, 0) is 0 Å². The Morgan fingerprint density at radius 1 is 1.37 bits per heavy atom. The third kappa shape index (κ3) is 3.96. The van der Waals surface area contributed by atoms with Gasteiger partial charge in [0, 0.05) is 16.2 Å². The predicted octanol–water partition coefficient (Wildman–Crippen LogP) is 4.29. The first-order valence-corrected chi connectivity index (χ1v) is 8.14. The number of hydrogen-bond acceptors (Lipinski definition) is 2. The lowest BCUT2D eigenvalue weighted by molar-refractivity contribution is 0.183. The fourth-order valence-corrected chi connectivity index (χ4v) is 3.13. The van der Waals surface area contributed by atoms with Crippen molar-refractivity contribution in [2.24, 2.45) is 5.92 Å². The molecule has 1 aromatic carbocycles. The lowest BCUT2D eigenvalue weighted by Crippen LogP contribution is -2.39. The number of piperidine rings is 1. The Morgan fingerprint density at radius 3 is 2.63 bits per heavy atom. The third-order valence-corrected chi connectivity index (χ3v) is 5.23. The molecule has 106 valence electrons. The molecule has 0 spiro atoms. The van der Waals surface area contributed by atoms with Gasteiger partial charge in [0.1, 0.15) is 0 Å². The molecule has 0 radical (unpaired) electrons. The van der Waals surface area contributed by atoms with Crippen LogP contribution in [0.3, 0.4) is 0 Å². The minimum absolute atomic E-state index is 0.555. The molecule has 19 heavy (non-hydrogen) atoms. The highest BCUT2D eigenvalue weighted by Crippen LogP contribution is 2.25. The molecule has 1 fully saturated rings. The largest absolute Gasteiger partial charge is 0.382 e. The van der Waals surface area contributed by atoms with Crippen molar-refractivity contribution in [3.05, 3.63) is 28.2 Å². The van der Waals surface area contributed by atoms with Crippen LogP contribution in [0.2, 0.25) is 0 Å². The van der Waals surface area contributed by atoms with E-state index in [1.165, 1.54) is 48.2 Å². The average Bonchev–Trinajstić information content (AvgIpc) is 2.43. The fraction of sp³-hybridized carbons (Fsp3) is 0.625. The van der Waals surface area contributed by atoms with Crippen molar-refractivity contribution in [2.45, 2.75) is 39.7 Å². The molecular weight excluding hydrogens is 300 g/mol. The second-order valence-corrected chi connectivity index (χ2v) is 6.52. The van der Waals surface area contributed by atoms with E-state index in [2.05, 4.69) is 65.1 Å². The van der Waals surface area contributed by atoms with Gasteiger partial charge in [-0.15, -0.1) is 0 Å². The summed E-state index contributed by atoms with van der Waals surface area (Å²) in [4.78, 5) is 2.55. The van der Waals surface area contributed by atoms with Gasteiger partial charge in [0.15, 0.2) is 0 Å². The second-order valence-electron chi connectivity index (χ2n) is 5.67. The molecule has 1 heterocycles. The second kappa shape index (κ2) is 6.76. The maximum Gasteiger partial charge on any atom is 0.0345 e. The van der Waals surface area contributed by atoms with Gasteiger partial charge in [-0.1, -0.05) is 22.9 Å². The van der Waals surface area contributed by atoms with Gasteiger partial charge in [-0.25, -0.2) is 0 Å². The van der Waals surface area contributed by atoms with Crippen LogP contribution in [0, 0.1) is 12.8 Å². The highest BCUT2D eigenvalue weighted by atomic mass is 79.9. The van der Waals surface area contributed by atoms with E-state index < -0.39 is 0 Å². The smallest absolute Gasteiger partial charge is 0.0345 e. The molecule has 1 aromatic rings. The third-order valence-electron chi connectivity index (χ3n) is 4.34. The van der Waals surface area contributed by atoms with Gasteiger partial charge in [-0.2, -0.15) is 0 Å². The van der Waals surface area contributed by atoms with E-state index in [9.17, 15) is 0 Å². The minimum atomic E-state index is 0.555. The fourth-order valence-electron chi connectivity index (χ4n) is 2.88. The van der Waals surface area contributed by atoms with Gasteiger partial charge in [0.2, 0.25) is 0 Å². The number of nitrogens with one attached hydrogen (secondary N) is 1. The van der Waals surface area contributed by atoms with Crippen molar-refractivity contribution in [3.63, 3.8) is 0 Å². The Labute approximate surface area is 125 Å². The Kier molecular flexibility index (Phi) is 5.28. The van der Waals surface area contributed by atoms with Crippen molar-refractivity contribution in [2.75, 3.05) is 25.0 Å². The van der Waals surface area contributed by atoms with Crippen LogP contribution >= 0.6 is 15.9 Å². The van der Waals surface area contributed by atoms with Crippen molar-refractivity contribution in [1.29, 1.82) is 0 Å². The molecule has 2 rings (SSSR count). The lowest BCUT2D eigenvalue weighted by atomic mass is 9.90. The Morgan fingerprint density at radius 2 is 2.05 bits per heavy atom. The highest BCUT2D eigenvalue weighted by molar-refractivity contribution is 9.10. The van der Waals surface area contributed by atoms with Gasteiger partial charge in [-0.3, -0.25) is 0 Å². The van der Waals surface area contributed by atoms with Crippen LogP contribution in [0.4, 0.5) is 5.69 Å². The molecule has 1 saturated heterocycles. The van der Waals surface area contributed by atoms with Crippen LogP contribution < -0.4 is 5.32 Å². The van der Waals surface area contributed by atoms with E-state index in [0.717, 1.165) is 5.92 Å². The number of nitrogens with zero attached hydrogens (tertiary/aromatic N) is 1. The quantitative estimate of drug-likeness (QED) is 0.888. The standard InChI is InChI=1S/C16H25BrN2/c1-4-19-9-7-14(8-10-19)13(3)18-15-5-6-16(17)12(2)11-15/h5-6,11,13-14,18H,4,7-10H2,1-3H3. The molecular formula is C16H25BrN2. The maximum atomic E-state index is 3.67. The molecule has 1 unspecified atom stereocenters. The van der Waals surface area contributed by atoms with E-state index in [0.29, 0.717) is 6.04 Å². The zero-order valence-electron chi connectivity index (χ0n) is 12.2. The van der Waals surface area contributed by atoms with Crippen LogP contribution in [0.25, 0.3) is 0 Å². The van der Waals surface area contributed by atoms with E-state index in [4.69, 9.17) is 0 Å². The summed E-state index contributed by atoms with van der Waals surface area (Å²) >= 11 is 3.55. The van der Waals surface area contributed by atoms with E-state index >= 15 is 0 Å². The van der Waals surface area contributed by atoms with Crippen LogP contribution in [0.5, 0.6) is 0 Å². The molecule has 0 amide bonds. The first kappa shape index (κ1) is 14.9. The number of likely N-dealkylation sites (tertiary alicyclic amines) is 1. The van der Waals surface area contributed by atoms with Gasteiger partial charge in [0.25, 0.3) is 0 Å². The zero-order chi connectivity index (χ0) is 13.8. The van der Waals surface area contributed by atoms with Gasteiger partial charge < -0.3 is 10.2 Å². The minimum Gasteiger partial charge on any atom is -0.382 e. The van der Waals surface area contributed by atoms with Gasteiger partial charge in [-0.05, 0) is 76.0 Å². The number of rotatable bonds is 4. The van der Waals surface area contributed by atoms with Crippen LogP contribution in [0.15, 0.2) is 22.7 Å². The summed E-state index contributed by atoms with van der Waals surface area (Å²) in [5.41, 5.74) is 2.53. The van der Waals surface area contributed by atoms with Gasteiger partial charge in [0.05, 0.1) is 0 Å². The maximum absolute atomic E-state index is 3.67. The number of aryl methyl sites for hydroxylation is 1. The molecule has 0 aromatic heterocycles. The molecule has 0 aliphatic carbocycles. The number of hydrogen-bond donors (Lipinski definition) is 1. The molecule has 1 atom stereocenters. The topological polar surface area (TPSA) is 15.3 Å². The number of anilines is 1. The Hall–Kier alpha value is -0.540. The van der Waals surface area contributed by atoms with Crippen molar-refractivity contribution >= 4 is 21.6 Å². The van der Waals surface area contributed by atoms with E-state index in [1.807, 2.05) is 0 Å². The van der Waals surface area contributed by atoms with E-state index in [-0.39, 0.29) is 0 Å². The summed E-state index contributed by atoms with van der Waals surface area (Å²) < 4.78 is 1.18.